The SMILES string of the molecule is CCN(c1cc2c(cc1N)CCC(=O)N2)C1CCCC1. The van der Waals surface area contributed by atoms with E-state index in [0.717, 1.165) is 35.6 Å². The largest absolute Gasteiger partial charge is 0.397 e. The van der Waals surface area contributed by atoms with Crippen molar-refractivity contribution >= 4 is 23.0 Å². The van der Waals surface area contributed by atoms with Crippen LogP contribution in [0.1, 0.15) is 44.6 Å². The van der Waals surface area contributed by atoms with Crippen LogP contribution < -0.4 is 16.0 Å². The molecular formula is C16H23N3O. The van der Waals surface area contributed by atoms with Crippen molar-refractivity contribution in [3.05, 3.63) is 17.7 Å². The molecule has 0 aromatic heterocycles. The number of carbonyl (C=O) groups is 1. The van der Waals surface area contributed by atoms with Gasteiger partial charge < -0.3 is 16.0 Å². The van der Waals surface area contributed by atoms with Crippen molar-refractivity contribution < 1.29 is 4.79 Å². The van der Waals surface area contributed by atoms with E-state index in [9.17, 15) is 4.79 Å². The van der Waals surface area contributed by atoms with Gasteiger partial charge in [-0.05, 0) is 43.9 Å². The molecule has 1 aromatic rings. The topological polar surface area (TPSA) is 58.4 Å². The summed E-state index contributed by atoms with van der Waals surface area (Å²) in [5, 5.41) is 2.98. The van der Waals surface area contributed by atoms with Gasteiger partial charge in [0.15, 0.2) is 0 Å². The third kappa shape index (κ3) is 2.35. The zero-order valence-electron chi connectivity index (χ0n) is 12.1. The van der Waals surface area contributed by atoms with Crippen LogP contribution in [0.2, 0.25) is 0 Å². The molecule has 1 aliphatic heterocycles. The maximum absolute atomic E-state index is 11.6. The monoisotopic (exact) mass is 273 g/mol. The average molecular weight is 273 g/mol. The van der Waals surface area contributed by atoms with E-state index >= 15 is 0 Å². The quantitative estimate of drug-likeness (QED) is 0.832. The molecule has 1 amide bonds. The Labute approximate surface area is 120 Å². The number of benzene rings is 1. The number of carbonyl (C=O) groups excluding carboxylic acids is 1. The number of amides is 1. The predicted molar refractivity (Wildman–Crippen MR) is 83.1 cm³/mol. The van der Waals surface area contributed by atoms with Crippen LogP contribution in [0.15, 0.2) is 12.1 Å². The van der Waals surface area contributed by atoms with E-state index in [1.54, 1.807) is 0 Å². The standard InChI is InChI=1S/C16H23N3O/c1-2-19(12-5-3-4-6-12)15-10-14-11(9-13(15)17)7-8-16(20)18-14/h9-10,12H,2-8,17H2,1H3,(H,18,20). The van der Waals surface area contributed by atoms with Crippen molar-refractivity contribution in [3.63, 3.8) is 0 Å². The van der Waals surface area contributed by atoms with Gasteiger partial charge in [0.1, 0.15) is 0 Å². The second-order valence-corrected chi connectivity index (χ2v) is 5.84. The maximum Gasteiger partial charge on any atom is 0.224 e. The predicted octanol–water partition coefficient (Wildman–Crippen LogP) is 2.92. The molecule has 0 atom stereocenters. The number of hydrogen-bond donors (Lipinski definition) is 2. The number of nitrogens with two attached hydrogens (primary N) is 1. The number of nitrogens with zero attached hydrogens (tertiary/aromatic N) is 1. The van der Waals surface area contributed by atoms with Gasteiger partial charge in [-0.2, -0.15) is 0 Å². The van der Waals surface area contributed by atoms with Gasteiger partial charge in [-0.3, -0.25) is 4.79 Å². The summed E-state index contributed by atoms with van der Waals surface area (Å²) in [5.74, 6) is 0.108. The van der Waals surface area contributed by atoms with Crippen molar-refractivity contribution in [2.45, 2.75) is 51.5 Å². The van der Waals surface area contributed by atoms with Gasteiger partial charge in [-0.25, -0.2) is 0 Å². The lowest BCUT2D eigenvalue weighted by molar-refractivity contribution is -0.116. The van der Waals surface area contributed by atoms with E-state index in [1.807, 2.05) is 6.07 Å². The maximum atomic E-state index is 11.6. The number of anilines is 3. The summed E-state index contributed by atoms with van der Waals surface area (Å²) in [7, 11) is 0. The van der Waals surface area contributed by atoms with Crippen LogP contribution in [0.25, 0.3) is 0 Å². The highest BCUT2D eigenvalue weighted by Gasteiger charge is 2.25. The first-order chi connectivity index (χ1) is 9.69. The number of nitrogen functional groups attached to an aromatic ring is 1. The fourth-order valence-corrected chi connectivity index (χ4v) is 3.53. The van der Waals surface area contributed by atoms with Gasteiger partial charge in [-0.1, -0.05) is 12.8 Å². The highest BCUT2D eigenvalue weighted by molar-refractivity contribution is 5.95. The first-order valence-corrected chi connectivity index (χ1v) is 7.68. The van der Waals surface area contributed by atoms with E-state index in [1.165, 1.54) is 25.7 Å². The number of nitrogens with one attached hydrogen (secondary N) is 1. The lowest BCUT2D eigenvalue weighted by Gasteiger charge is -2.32. The number of rotatable bonds is 3. The molecule has 1 heterocycles. The van der Waals surface area contributed by atoms with Crippen LogP contribution in [0.4, 0.5) is 17.1 Å². The Morgan fingerprint density at radius 1 is 1.30 bits per heavy atom. The summed E-state index contributed by atoms with van der Waals surface area (Å²) in [6.07, 6.45) is 6.46. The normalized spacial score (nSPS) is 18.8. The number of aryl methyl sites for hydroxylation is 1. The van der Waals surface area contributed by atoms with Crippen molar-refractivity contribution in [1.82, 2.24) is 0 Å². The average Bonchev–Trinajstić information content (AvgIpc) is 2.95. The number of hydrogen-bond acceptors (Lipinski definition) is 3. The zero-order valence-corrected chi connectivity index (χ0v) is 12.1. The van der Waals surface area contributed by atoms with E-state index in [0.29, 0.717) is 12.5 Å². The molecule has 3 rings (SSSR count). The fourth-order valence-electron chi connectivity index (χ4n) is 3.53. The molecule has 1 aliphatic carbocycles. The minimum atomic E-state index is 0.108. The lowest BCUT2D eigenvalue weighted by atomic mass is 10.0. The molecule has 2 aliphatic rings. The summed E-state index contributed by atoms with van der Waals surface area (Å²) in [6, 6.07) is 4.71. The van der Waals surface area contributed by atoms with E-state index in [2.05, 4.69) is 23.2 Å². The van der Waals surface area contributed by atoms with Crippen LogP contribution >= 0.6 is 0 Å². The molecule has 0 spiro atoms. The van der Waals surface area contributed by atoms with Gasteiger partial charge in [-0.15, -0.1) is 0 Å². The van der Waals surface area contributed by atoms with Gasteiger partial charge >= 0.3 is 0 Å². The van der Waals surface area contributed by atoms with Gasteiger partial charge in [0.25, 0.3) is 0 Å². The Morgan fingerprint density at radius 2 is 2.05 bits per heavy atom. The Morgan fingerprint density at radius 3 is 2.75 bits per heavy atom. The fraction of sp³-hybridized carbons (Fsp3) is 0.562. The van der Waals surface area contributed by atoms with Gasteiger partial charge in [0, 0.05) is 24.7 Å². The van der Waals surface area contributed by atoms with Crippen LogP contribution in [0.5, 0.6) is 0 Å². The second-order valence-electron chi connectivity index (χ2n) is 5.84. The molecule has 4 heteroatoms. The Kier molecular flexibility index (Phi) is 3.55. The smallest absolute Gasteiger partial charge is 0.224 e. The molecule has 0 saturated heterocycles. The molecule has 1 fully saturated rings. The summed E-state index contributed by atoms with van der Waals surface area (Å²) in [6.45, 7) is 3.14. The van der Waals surface area contributed by atoms with Crippen LogP contribution in [-0.2, 0) is 11.2 Å². The highest BCUT2D eigenvalue weighted by atomic mass is 16.1. The third-order valence-electron chi connectivity index (χ3n) is 4.56. The first-order valence-electron chi connectivity index (χ1n) is 7.68. The summed E-state index contributed by atoms with van der Waals surface area (Å²) < 4.78 is 0. The molecule has 20 heavy (non-hydrogen) atoms. The Bertz CT molecular complexity index is 521. The summed E-state index contributed by atoms with van der Waals surface area (Å²) >= 11 is 0. The van der Waals surface area contributed by atoms with Crippen LogP contribution in [-0.4, -0.2) is 18.5 Å². The number of fused-ring (bicyclic) bond motifs is 1. The molecule has 108 valence electrons. The van der Waals surface area contributed by atoms with E-state index in [-0.39, 0.29) is 5.91 Å². The molecule has 1 aromatic carbocycles. The van der Waals surface area contributed by atoms with Gasteiger partial charge in [0.2, 0.25) is 5.91 Å². The minimum Gasteiger partial charge on any atom is -0.397 e. The molecule has 4 nitrogen and oxygen atoms in total. The molecule has 0 unspecified atom stereocenters. The van der Waals surface area contributed by atoms with Crippen molar-refractivity contribution in [3.8, 4) is 0 Å². The van der Waals surface area contributed by atoms with Gasteiger partial charge in [0.05, 0.1) is 11.4 Å². The molecule has 1 saturated carbocycles. The minimum absolute atomic E-state index is 0.108. The van der Waals surface area contributed by atoms with Crippen molar-refractivity contribution in [1.29, 1.82) is 0 Å². The van der Waals surface area contributed by atoms with Crippen molar-refractivity contribution in [2.24, 2.45) is 0 Å². The van der Waals surface area contributed by atoms with Crippen molar-refractivity contribution in [2.75, 3.05) is 22.5 Å². The lowest BCUT2D eigenvalue weighted by Crippen LogP contribution is -2.34. The molecule has 3 N–H and O–H groups in total. The zero-order chi connectivity index (χ0) is 14.1. The van der Waals surface area contributed by atoms with Crippen LogP contribution in [0.3, 0.4) is 0 Å². The molecule has 0 bridgehead atoms. The molecule has 0 radical (unpaired) electrons. The first kappa shape index (κ1) is 13.3. The molecular weight excluding hydrogens is 250 g/mol. The Balaban J connectivity index is 1.95. The summed E-state index contributed by atoms with van der Waals surface area (Å²) in [4.78, 5) is 14.0. The highest BCUT2D eigenvalue weighted by Crippen LogP contribution is 2.36. The Hall–Kier alpha value is -1.71. The van der Waals surface area contributed by atoms with E-state index in [4.69, 9.17) is 5.73 Å². The second kappa shape index (κ2) is 5.35. The summed E-state index contributed by atoms with van der Waals surface area (Å²) in [5.41, 5.74) is 10.3. The van der Waals surface area contributed by atoms with E-state index < -0.39 is 0 Å². The van der Waals surface area contributed by atoms with Crippen LogP contribution in [0, 0.1) is 0 Å². The third-order valence-corrected chi connectivity index (χ3v) is 4.56.